The second-order valence-corrected chi connectivity index (χ2v) is 6.06. The van der Waals surface area contributed by atoms with Gasteiger partial charge in [0, 0.05) is 24.7 Å². The molecule has 0 spiro atoms. The summed E-state index contributed by atoms with van der Waals surface area (Å²) < 4.78 is 0. The van der Waals surface area contributed by atoms with Gasteiger partial charge in [-0.3, -0.25) is 0 Å². The number of hydrogen-bond donors (Lipinski definition) is 2. The normalized spacial score (nSPS) is 10.8. The molecule has 0 aliphatic rings. The fraction of sp³-hybridized carbons (Fsp3) is 0.333. The van der Waals surface area contributed by atoms with Crippen LogP contribution in [0, 0.1) is 0 Å². The molecule has 2 rings (SSSR count). The van der Waals surface area contributed by atoms with E-state index in [4.69, 9.17) is 10.2 Å². The Bertz CT molecular complexity index is 470. The minimum Gasteiger partial charge on any atom is -0.396 e. The molecular weight excluding hydrogens is 280 g/mol. The van der Waals surface area contributed by atoms with Crippen molar-refractivity contribution in [2.24, 2.45) is 0 Å². The maximum absolute atomic E-state index is 8.89. The lowest BCUT2D eigenvalue weighted by Crippen LogP contribution is -1.91. The van der Waals surface area contributed by atoms with Crippen molar-refractivity contribution in [2.45, 2.75) is 24.3 Å². The number of hydrogen-bond acceptors (Lipinski definition) is 3. The van der Waals surface area contributed by atoms with Gasteiger partial charge < -0.3 is 10.2 Å². The molecule has 112 valence electrons. The summed E-state index contributed by atoms with van der Waals surface area (Å²) in [5, 5.41) is 17.8. The molecule has 0 aliphatic heterocycles. The van der Waals surface area contributed by atoms with Crippen LogP contribution in [0.4, 0.5) is 0 Å². The van der Waals surface area contributed by atoms with Crippen LogP contribution in [0.15, 0.2) is 48.5 Å². The predicted octanol–water partition coefficient (Wildman–Crippen LogP) is 3.19. The second-order valence-electron chi connectivity index (χ2n) is 5.07. The molecule has 0 aliphatic carbocycles. The predicted molar refractivity (Wildman–Crippen MR) is 89.5 cm³/mol. The molecule has 21 heavy (non-hydrogen) atoms. The first kappa shape index (κ1) is 16.1. The van der Waals surface area contributed by atoms with E-state index in [1.54, 1.807) is 0 Å². The molecule has 0 fully saturated rings. The zero-order valence-corrected chi connectivity index (χ0v) is 13.0. The molecule has 0 atom stereocenters. The Hall–Kier alpha value is -1.29. The average Bonchev–Trinajstić information content (AvgIpc) is 2.51. The van der Waals surface area contributed by atoms with Crippen LogP contribution in [0.2, 0.25) is 0 Å². The van der Waals surface area contributed by atoms with Crippen LogP contribution in [0.25, 0.3) is 0 Å². The summed E-state index contributed by atoms with van der Waals surface area (Å²) in [6.07, 6.45) is 1.46. The summed E-state index contributed by atoms with van der Waals surface area (Å²) in [6.45, 7) is 0.417. The van der Waals surface area contributed by atoms with Crippen molar-refractivity contribution < 1.29 is 10.2 Å². The summed E-state index contributed by atoms with van der Waals surface area (Å²) in [5.41, 5.74) is 5.01. The van der Waals surface area contributed by atoms with Crippen molar-refractivity contribution >= 4 is 11.8 Å². The topological polar surface area (TPSA) is 40.5 Å². The Kier molecular flexibility index (Phi) is 6.80. The molecule has 2 aromatic carbocycles. The lowest BCUT2D eigenvalue weighted by atomic mass is 10.1. The van der Waals surface area contributed by atoms with Gasteiger partial charge in [-0.1, -0.05) is 48.5 Å². The van der Waals surface area contributed by atoms with Crippen molar-refractivity contribution in [3.8, 4) is 0 Å². The van der Waals surface area contributed by atoms with Crippen LogP contribution in [0.5, 0.6) is 0 Å². The molecule has 0 saturated heterocycles. The minimum atomic E-state index is 0.209. The van der Waals surface area contributed by atoms with E-state index >= 15 is 0 Å². The van der Waals surface area contributed by atoms with E-state index < -0.39 is 0 Å². The highest BCUT2D eigenvalue weighted by molar-refractivity contribution is 7.97. The van der Waals surface area contributed by atoms with Gasteiger partial charge in [-0.15, -0.1) is 0 Å². The smallest absolute Gasteiger partial charge is 0.0471 e. The van der Waals surface area contributed by atoms with Crippen LogP contribution in [-0.4, -0.2) is 23.4 Å². The van der Waals surface area contributed by atoms with Crippen LogP contribution in [-0.2, 0) is 24.3 Å². The monoisotopic (exact) mass is 302 g/mol. The zero-order valence-electron chi connectivity index (χ0n) is 12.2. The van der Waals surface area contributed by atoms with Crippen molar-refractivity contribution in [1.82, 2.24) is 0 Å². The molecule has 2 nitrogen and oxygen atoms in total. The van der Waals surface area contributed by atoms with E-state index in [1.807, 2.05) is 11.8 Å². The van der Waals surface area contributed by atoms with Gasteiger partial charge in [0.05, 0.1) is 0 Å². The lowest BCUT2D eigenvalue weighted by Gasteiger charge is -2.05. The molecule has 0 unspecified atom stereocenters. The SMILES string of the molecule is OCCc1ccc(CSCc2ccc(CCO)cc2)cc1. The molecule has 0 aromatic heterocycles. The van der Waals surface area contributed by atoms with Crippen molar-refractivity contribution in [1.29, 1.82) is 0 Å². The van der Waals surface area contributed by atoms with E-state index in [-0.39, 0.29) is 13.2 Å². The first-order valence-corrected chi connectivity index (χ1v) is 8.42. The van der Waals surface area contributed by atoms with E-state index in [1.165, 1.54) is 22.3 Å². The largest absolute Gasteiger partial charge is 0.396 e. The fourth-order valence-corrected chi connectivity index (χ4v) is 3.11. The summed E-state index contributed by atoms with van der Waals surface area (Å²) in [7, 11) is 0. The first-order chi connectivity index (χ1) is 10.3. The summed E-state index contributed by atoms with van der Waals surface area (Å²) >= 11 is 1.90. The molecule has 2 N–H and O–H groups in total. The lowest BCUT2D eigenvalue weighted by molar-refractivity contribution is 0.299. The average molecular weight is 302 g/mol. The minimum absolute atomic E-state index is 0.209. The van der Waals surface area contributed by atoms with Gasteiger partial charge in [0.25, 0.3) is 0 Å². The summed E-state index contributed by atoms with van der Waals surface area (Å²) in [6, 6.07) is 16.9. The number of aliphatic hydroxyl groups is 2. The van der Waals surface area contributed by atoms with Gasteiger partial charge in [0.15, 0.2) is 0 Å². The highest BCUT2D eigenvalue weighted by Gasteiger charge is 1.98. The third-order valence-electron chi connectivity index (χ3n) is 3.38. The third-order valence-corrected chi connectivity index (χ3v) is 4.46. The van der Waals surface area contributed by atoms with E-state index in [9.17, 15) is 0 Å². The number of rotatable bonds is 8. The Morgan fingerprint density at radius 2 is 0.905 bits per heavy atom. The van der Waals surface area contributed by atoms with Crippen molar-refractivity contribution in [3.63, 3.8) is 0 Å². The Morgan fingerprint density at radius 1 is 0.571 bits per heavy atom. The second kappa shape index (κ2) is 8.88. The van der Waals surface area contributed by atoms with Gasteiger partial charge in [-0.25, -0.2) is 0 Å². The van der Waals surface area contributed by atoms with Crippen LogP contribution in [0.3, 0.4) is 0 Å². The Labute approximate surface area is 130 Å². The number of thioether (sulfide) groups is 1. The van der Waals surface area contributed by atoms with Crippen molar-refractivity contribution in [2.75, 3.05) is 13.2 Å². The van der Waals surface area contributed by atoms with Gasteiger partial charge in [0.2, 0.25) is 0 Å². The van der Waals surface area contributed by atoms with Crippen LogP contribution in [0.1, 0.15) is 22.3 Å². The van der Waals surface area contributed by atoms with Crippen molar-refractivity contribution in [3.05, 3.63) is 70.8 Å². The molecule has 0 heterocycles. The molecule has 0 bridgehead atoms. The molecule has 3 heteroatoms. The molecular formula is C18H22O2S. The fourth-order valence-electron chi connectivity index (χ4n) is 2.15. The highest BCUT2D eigenvalue weighted by atomic mass is 32.2. The Balaban J connectivity index is 1.78. The van der Waals surface area contributed by atoms with Gasteiger partial charge >= 0.3 is 0 Å². The molecule has 0 radical (unpaired) electrons. The number of benzene rings is 2. The zero-order chi connectivity index (χ0) is 14.9. The standard InChI is InChI=1S/C18H22O2S/c19-11-9-15-1-5-17(6-2-15)13-21-14-18-7-3-16(4-8-18)10-12-20/h1-8,19-20H,9-14H2. The van der Waals surface area contributed by atoms with Gasteiger partial charge in [-0.05, 0) is 35.1 Å². The van der Waals surface area contributed by atoms with E-state index in [0.717, 1.165) is 24.3 Å². The maximum atomic E-state index is 8.89. The Morgan fingerprint density at radius 3 is 1.24 bits per heavy atom. The summed E-state index contributed by atoms with van der Waals surface area (Å²) in [5.74, 6) is 2.00. The van der Waals surface area contributed by atoms with E-state index in [2.05, 4.69) is 48.5 Å². The van der Waals surface area contributed by atoms with Crippen LogP contribution >= 0.6 is 11.8 Å². The molecule has 0 amide bonds. The molecule has 0 saturated carbocycles. The number of aliphatic hydroxyl groups excluding tert-OH is 2. The van der Waals surface area contributed by atoms with Gasteiger partial charge in [-0.2, -0.15) is 11.8 Å². The quantitative estimate of drug-likeness (QED) is 0.787. The summed E-state index contributed by atoms with van der Waals surface area (Å²) in [4.78, 5) is 0. The first-order valence-electron chi connectivity index (χ1n) is 7.27. The maximum Gasteiger partial charge on any atom is 0.0471 e. The van der Waals surface area contributed by atoms with E-state index in [0.29, 0.717) is 0 Å². The third kappa shape index (κ3) is 5.54. The highest BCUT2D eigenvalue weighted by Crippen LogP contribution is 2.19. The molecule has 2 aromatic rings. The van der Waals surface area contributed by atoms with Gasteiger partial charge in [0.1, 0.15) is 0 Å². The van der Waals surface area contributed by atoms with Crippen LogP contribution < -0.4 is 0 Å².